The maximum atomic E-state index is 5.56. The molecule has 0 radical (unpaired) electrons. The van der Waals surface area contributed by atoms with Crippen LogP contribution in [0.2, 0.25) is 0 Å². The van der Waals surface area contributed by atoms with Gasteiger partial charge in [0.1, 0.15) is 11.6 Å². The normalized spacial score (nSPS) is 10.1. The van der Waals surface area contributed by atoms with Crippen LogP contribution in [-0.2, 0) is 6.42 Å². The predicted molar refractivity (Wildman–Crippen MR) is 62.3 cm³/mol. The molecule has 2 heterocycles. The molecule has 0 saturated heterocycles. The quantitative estimate of drug-likeness (QED) is 0.854. The van der Waals surface area contributed by atoms with Gasteiger partial charge in [-0.15, -0.1) is 0 Å². The minimum atomic E-state index is 0.442. The van der Waals surface area contributed by atoms with Gasteiger partial charge < -0.3 is 10.5 Å². The summed E-state index contributed by atoms with van der Waals surface area (Å²) in [6.07, 6.45) is 4.40. The standard InChI is InChI=1S/C12H13N3O/c1-2-9-6-10(8-14-7-9)16-12-5-3-4-11(13)15-12/h3-8H,2H2,1H3,(H2,13,15). The molecule has 0 bridgehead atoms. The summed E-state index contributed by atoms with van der Waals surface area (Å²) >= 11 is 0. The number of nitrogen functional groups attached to an aromatic ring is 1. The van der Waals surface area contributed by atoms with Crippen molar-refractivity contribution in [2.45, 2.75) is 13.3 Å². The molecule has 0 aliphatic rings. The fourth-order valence-electron chi connectivity index (χ4n) is 1.32. The number of nitrogens with two attached hydrogens (primary N) is 1. The highest BCUT2D eigenvalue weighted by Gasteiger charge is 2.00. The Bertz CT molecular complexity index is 485. The van der Waals surface area contributed by atoms with Crippen molar-refractivity contribution < 1.29 is 4.74 Å². The Morgan fingerprint density at radius 3 is 2.94 bits per heavy atom. The van der Waals surface area contributed by atoms with Crippen LogP contribution in [0.4, 0.5) is 5.82 Å². The van der Waals surface area contributed by atoms with Crippen LogP contribution in [0.25, 0.3) is 0 Å². The molecule has 16 heavy (non-hydrogen) atoms. The first-order valence-electron chi connectivity index (χ1n) is 5.12. The van der Waals surface area contributed by atoms with Crippen molar-refractivity contribution in [2.75, 3.05) is 5.73 Å². The van der Waals surface area contributed by atoms with Gasteiger partial charge in [-0.3, -0.25) is 4.98 Å². The average Bonchev–Trinajstić information content (AvgIpc) is 2.29. The third kappa shape index (κ3) is 2.48. The number of ether oxygens (including phenoxy) is 1. The van der Waals surface area contributed by atoms with Gasteiger partial charge in [0.2, 0.25) is 5.88 Å². The van der Waals surface area contributed by atoms with Crippen molar-refractivity contribution in [2.24, 2.45) is 0 Å². The zero-order valence-electron chi connectivity index (χ0n) is 9.05. The summed E-state index contributed by atoms with van der Waals surface area (Å²) in [5, 5.41) is 0. The molecule has 4 nitrogen and oxygen atoms in total. The number of rotatable bonds is 3. The second-order valence-electron chi connectivity index (χ2n) is 3.39. The number of nitrogens with zero attached hydrogens (tertiary/aromatic N) is 2. The van der Waals surface area contributed by atoms with Crippen molar-refractivity contribution >= 4 is 5.82 Å². The Hall–Kier alpha value is -2.10. The predicted octanol–water partition coefficient (Wildman–Crippen LogP) is 2.41. The largest absolute Gasteiger partial charge is 0.437 e. The van der Waals surface area contributed by atoms with E-state index in [1.54, 1.807) is 24.4 Å². The summed E-state index contributed by atoms with van der Waals surface area (Å²) in [6.45, 7) is 2.07. The molecular formula is C12H13N3O. The lowest BCUT2D eigenvalue weighted by molar-refractivity contribution is 0.461. The summed E-state index contributed by atoms with van der Waals surface area (Å²) in [5.41, 5.74) is 6.69. The van der Waals surface area contributed by atoms with Crippen molar-refractivity contribution in [1.82, 2.24) is 9.97 Å². The molecule has 0 unspecified atom stereocenters. The van der Waals surface area contributed by atoms with Gasteiger partial charge in [-0.25, -0.2) is 0 Å². The molecule has 0 aliphatic carbocycles. The zero-order chi connectivity index (χ0) is 11.4. The SMILES string of the molecule is CCc1cncc(Oc2cccc(N)n2)c1. The molecular weight excluding hydrogens is 202 g/mol. The summed E-state index contributed by atoms with van der Waals surface area (Å²) in [4.78, 5) is 8.14. The molecule has 0 aromatic carbocycles. The minimum absolute atomic E-state index is 0.442. The van der Waals surface area contributed by atoms with Gasteiger partial charge in [-0.05, 0) is 24.1 Å². The number of aromatic nitrogens is 2. The molecule has 0 fully saturated rings. The first kappa shape index (κ1) is 10.4. The van der Waals surface area contributed by atoms with Crippen LogP contribution >= 0.6 is 0 Å². The van der Waals surface area contributed by atoms with Crippen LogP contribution in [0, 0.1) is 0 Å². The maximum Gasteiger partial charge on any atom is 0.221 e. The van der Waals surface area contributed by atoms with Crippen molar-refractivity contribution in [3.05, 3.63) is 42.2 Å². The highest BCUT2D eigenvalue weighted by atomic mass is 16.5. The third-order valence-electron chi connectivity index (χ3n) is 2.15. The van der Waals surface area contributed by atoms with E-state index in [9.17, 15) is 0 Å². The van der Waals surface area contributed by atoms with Gasteiger partial charge in [0, 0.05) is 12.3 Å². The summed E-state index contributed by atoms with van der Waals surface area (Å²) < 4.78 is 5.55. The minimum Gasteiger partial charge on any atom is -0.437 e. The van der Waals surface area contributed by atoms with E-state index in [0.717, 1.165) is 12.0 Å². The van der Waals surface area contributed by atoms with E-state index in [1.807, 2.05) is 12.3 Å². The lowest BCUT2D eigenvalue weighted by Crippen LogP contribution is -1.93. The molecule has 2 N–H and O–H groups in total. The Balaban J connectivity index is 2.20. The first-order chi connectivity index (χ1) is 7.78. The zero-order valence-corrected chi connectivity index (χ0v) is 9.05. The number of pyridine rings is 2. The summed E-state index contributed by atoms with van der Waals surface area (Å²) in [5.74, 6) is 1.60. The molecule has 0 spiro atoms. The first-order valence-corrected chi connectivity index (χ1v) is 5.12. The van der Waals surface area contributed by atoms with E-state index in [-0.39, 0.29) is 0 Å². The molecule has 0 atom stereocenters. The van der Waals surface area contributed by atoms with Crippen LogP contribution in [0.1, 0.15) is 12.5 Å². The highest BCUT2D eigenvalue weighted by molar-refractivity contribution is 5.34. The summed E-state index contributed by atoms with van der Waals surface area (Å²) in [6, 6.07) is 7.22. The van der Waals surface area contributed by atoms with Crippen molar-refractivity contribution in [1.29, 1.82) is 0 Å². The van der Waals surface area contributed by atoms with E-state index in [4.69, 9.17) is 10.5 Å². The molecule has 82 valence electrons. The van der Waals surface area contributed by atoms with Gasteiger partial charge in [-0.2, -0.15) is 4.98 Å². The lowest BCUT2D eigenvalue weighted by atomic mass is 10.2. The monoisotopic (exact) mass is 215 g/mol. The fraction of sp³-hybridized carbons (Fsp3) is 0.167. The number of hydrogen-bond acceptors (Lipinski definition) is 4. The van der Waals surface area contributed by atoms with E-state index in [1.165, 1.54) is 0 Å². The highest BCUT2D eigenvalue weighted by Crippen LogP contribution is 2.20. The van der Waals surface area contributed by atoms with Gasteiger partial charge >= 0.3 is 0 Å². The van der Waals surface area contributed by atoms with Gasteiger partial charge in [0.15, 0.2) is 0 Å². The van der Waals surface area contributed by atoms with Gasteiger partial charge in [0.05, 0.1) is 6.20 Å². The smallest absolute Gasteiger partial charge is 0.221 e. The van der Waals surface area contributed by atoms with Gasteiger partial charge in [0.25, 0.3) is 0 Å². The Morgan fingerprint density at radius 2 is 2.19 bits per heavy atom. The second-order valence-corrected chi connectivity index (χ2v) is 3.39. The fourth-order valence-corrected chi connectivity index (χ4v) is 1.32. The van der Waals surface area contributed by atoms with Crippen molar-refractivity contribution in [3.8, 4) is 11.6 Å². The van der Waals surface area contributed by atoms with Crippen LogP contribution < -0.4 is 10.5 Å². The number of aryl methyl sites for hydroxylation is 1. The van der Waals surface area contributed by atoms with Crippen molar-refractivity contribution in [3.63, 3.8) is 0 Å². The number of hydrogen-bond donors (Lipinski definition) is 1. The Kier molecular flexibility index (Phi) is 3.00. The van der Waals surface area contributed by atoms with E-state index in [0.29, 0.717) is 17.4 Å². The van der Waals surface area contributed by atoms with E-state index >= 15 is 0 Å². The topological polar surface area (TPSA) is 61.0 Å². The average molecular weight is 215 g/mol. The molecule has 2 aromatic rings. The molecule has 0 saturated carbocycles. The number of anilines is 1. The van der Waals surface area contributed by atoms with Crippen LogP contribution in [0.15, 0.2) is 36.7 Å². The van der Waals surface area contributed by atoms with Crippen LogP contribution in [0.3, 0.4) is 0 Å². The van der Waals surface area contributed by atoms with Crippen LogP contribution in [-0.4, -0.2) is 9.97 Å². The molecule has 2 aromatic heterocycles. The van der Waals surface area contributed by atoms with Gasteiger partial charge in [-0.1, -0.05) is 13.0 Å². The van der Waals surface area contributed by atoms with E-state index in [2.05, 4.69) is 16.9 Å². The molecule has 0 amide bonds. The molecule has 4 heteroatoms. The van der Waals surface area contributed by atoms with E-state index < -0.39 is 0 Å². The second kappa shape index (κ2) is 4.61. The Labute approximate surface area is 94.1 Å². The Morgan fingerprint density at radius 1 is 1.31 bits per heavy atom. The maximum absolute atomic E-state index is 5.56. The van der Waals surface area contributed by atoms with Crippen LogP contribution in [0.5, 0.6) is 11.6 Å². The summed E-state index contributed by atoms with van der Waals surface area (Å²) in [7, 11) is 0. The third-order valence-corrected chi connectivity index (χ3v) is 2.15. The molecule has 0 aliphatic heterocycles. The molecule has 2 rings (SSSR count). The lowest BCUT2D eigenvalue weighted by Gasteiger charge is -2.05.